The summed E-state index contributed by atoms with van der Waals surface area (Å²) in [5, 5.41) is 7.44. The van der Waals surface area contributed by atoms with E-state index in [9.17, 15) is 0 Å². The van der Waals surface area contributed by atoms with E-state index in [-0.39, 0.29) is 0 Å². The fourth-order valence-electron chi connectivity index (χ4n) is 5.63. The molecule has 0 saturated heterocycles. The maximum Gasteiger partial charge on any atom is 0.0619 e. The molecular weight excluding hydrogens is 446 g/mol. The highest BCUT2D eigenvalue weighted by molar-refractivity contribution is 6.23. The zero-order valence-electron chi connectivity index (χ0n) is 20.4. The highest BCUT2D eigenvalue weighted by atomic mass is 15.1. The standard InChI is InChI=1S/C36H25N/c1-3-15-27(16-4-1)35-30-21-9-11-23-32(30)36(33-24-12-10-22-31(33)35)37(28-18-5-2-6-19-28)34-25-13-17-26-14-7-8-20-29(26)34/h1-25H. The first-order chi connectivity index (χ1) is 18.4. The van der Waals surface area contributed by atoms with E-state index in [1.807, 2.05) is 0 Å². The summed E-state index contributed by atoms with van der Waals surface area (Å²) in [5.74, 6) is 0. The van der Waals surface area contributed by atoms with Gasteiger partial charge in [-0.25, -0.2) is 0 Å². The van der Waals surface area contributed by atoms with Gasteiger partial charge < -0.3 is 4.90 Å². The zero-order chi connectivity index (χ0) is 24.6. The van der Waals surface area contributed by atoms with Crippen molar-refractivity contribution >= 4 is 49.4 Å². The van der Waals surface area contributed by atoms with Crippen molar-refractivity contribution in [3.8, 4) is 11.1 Å². The number of para-hydroxylation sites is 1. The number of nitrogens with zero attached hydrogens (tertiary/aromatic N) is 1. The van der Waals surface area contributed by atoms with Gasteiger partial charge >= 0.3 is 0 Å². The van der Waals surface area contributed by atoms with Crippen molar-refractivity contribution in [2.24, 2.45) is 0 Å². The van der Waals surface area contributed by atoms with Crippen molar-refractivity contribution in [3.63, 3.8) is 0 Å². The Morgan fingerprint density at radius 2 is 0.838 bits per heavy atom. The predicted octanol–water partition coefficient (Wildman–Crippen LogP) is 10.3. The fraction of sp³-hybridized carbons (Fsp3) is 0. The lowest BCUT2D eigenvalue weighted by Gasteiger charge is -2.30. The van der Waals surface area contributed by atoms with Crippen LogP contribution in [0.25, 0.3) is 43.4 Å². The molecule has 7 aromatic rings. The molecule has 0 N–H and O–H groups in total. The van der Waals surface area contributed by atoms with Crippen molar-refractivity contribution in [3.05, 3.63) is 152 Å². The van der Waals surface area contributed by atoms with Gasteiger partial charge in [-0.15, -0.1) is 0 Å². The van der Waals surface area contributed by atoms with Crippen LogP contribution in [0.15, 0.2) is 152 Å². The van der Waals surface area contributed by atoms with E-state index >= 15 is 0 Å². The normalized spacial score (nSPS) is 11.2. The molecule has 0 fully saturated rings. The first-order valence-corrected chi connectivity index (χ1v) is 12.7. The first kappa shape index (κ1) is 21.4. The van der Waals surface area contributed by atoms with Crippen LogP contribution in [0.4, 0.5) is 17.1 Å². The highest BCUT2D eigenvalue weighted by Gasteiger charge is 2.22. The van der Waals surface area contributed by atoms with Gasteiger partial charge in [0.2, 0.25) is 0 Å². The first-order valence-electron chi connectivity index (χ1n) is 12.7. The van der Waals surface area contributed by atoms with Crippen molar-refractivity contribution in [2.75, 3.05) is 4.90 Å². The third-order valence-electron chi connectivity index (χ3n) is 7.21. The predicted molar refractivity (Wildman–Crippen MR) is 159 cm³/mol. The van der Waals surface area contributed by atoms with Crippen LogP contribution in [-0.4, -0.2) is 0 Å². The molecule has 7 rings (SSSR count). The van der Waals surface area contributed by atoms with Crippen LogP contribution < -0.4 is 4.90 Å². The molecule has 0 radical (unpaired) electrons. The van der Waals surface area contributed by atoms with Gasteiger partial charge in [-0.05, 0) is 45.5 Å². The van der Waals surface area contributed by atoms with Gasteiger partial charge in [0, 0.05) is 21.8 Å². The van der Waals surface area contributed by atoms with Crippen LogP contribution in [0.2, 0.25) is 0 Å². The number of benzene rings is 7. The molecule has 0 bridgehead atoms. The van der Waals surface area contributed by atoms with Crippen LogP contribution >= 0.6 is 0 Å². The molecule has 1 heteroatoms. The fourth-order valence-corrected chi connectivity index (χ4v) is 5.63. The summed E-state index contributed by atoms with van der Waals surface area (Å²) in [6.07, 6.45) is 0. The van der Waals surface area contributed by atoms with E-state index in [1.165, 1.54) is 54.8 Å². The molecule has 7 aromatic carbocycles. The number of anilines is 3. The molecule has 0 aliphatic carbocycles. The molecule has 1 nitrogen and oxygen atoms in total. The molecule has 0 aromatic heterocycles. The van der Waals surface area contributed by atoms with E-state index in [0.717, 1.165) is 5.69 Å². The largest absolute Gasteiger partial charge is 0.309 e. The van der Waals surface area contributed by atoms with Crippen molar-refractivity contribution in [2.45, 2.75) is 0 Å². The summed E-state index contributed by atoms with van der Waals surface area (Å²) in [7, 11) is 0. The van der Waals surface area contributed by atoms with Gasteiger partial charge in [0.1, 0.15) is 0 Å². The molecule has 0 spiro atoms. The van der Waals surface area contributed by atoms with Gasteiger partial charge in [0.05, 0.1) is 11.4 Å². The second kappa shape index (κ2) is 8.96. The molecular formula is C36H25N. The minimum Gasteiger partial charge on any atom is -0.309 e. The Morgan fingerprint density at radius 3 is 1.49 bits per heavy atom. The number of hydrogen-bond acceptors (Lipinski definition) is 1. The van der Waals surface area contributed by atoms with Crippen molar-refractivity contribution in [1.29, 1.82) is 0 Å². The topological polar surface area (TPSA) is 3.24 Å². The second-order valence-electron chi connectivity index (χ2n) is 9.35. The molecule has 0 amide bonds. The minimum atomic E-state index is 1.14. The van der Waals surface area contributed by atoms with Gasteiger partial charge in [0.15, 0.2) is 0 Å². The average molecular weight is 472 g/mol. The van der Waals surface area contributed by atoms with Crippen molar-refractivity contribution < 1.29 is 0 Å². The number of hydrogen-bond donors (Lipinski definition) is 0. The lowest BCUT2D eigenvalue weighted by atomic mass is 9.89. The highest BCUT2D eigenvalue weighted by Crippen LogP contribution is 2.48. The van der Waals surface area contributed by atoms with Crippen LogP contribution in [0.1, 0.15) is 0 Å². The lowest BCUT2D eigenvalue weighted by molar-refractivity contribution is 1.33. The Labute approximate surface area is 216 Å². The molecule has 0 aliphatic rings. The van der Waals surface area contributed by atoms with Gasteiger partial charge in [-0.2, -0.15) is 0 Å². The van der Waals surface area contributed by atoms with E-state index in [1.54, 1.807) is 0 Å². The Morgan fingerprint density at radius 1 is 0.351 bits per heavy atom. The lowest BCUT2D eigenvalue weighted by Crippen LogP contribution is -2.12. The third kappa shape index (κ3) is 3.56. The Hall–Kier alpha value is -4.88. The van der Waals surface area contributed by atoms with E-state index in [0.29, 0.717) is 0 Å². The number of rotatable bonds is 4. The monoisotopic (exact) mass is 471 g/mol. The molecule has 0 unspecified atom stereocenters. The van der Waals surface area contributed by atoms with Crippen LogP contribution in [0, 0.1) is 0 Å². The average Bonchev–Trinajstić information content (AvgIpc) is 2.98. The summed E-state index contributed by atoms with van der Waals surface area (Å²) >= 11 is 0. The smallest absolute Gasteiger partial charge is 0.0619 e. The maximum absolute atomic E-state index is 2.45. The van der Waals surface area contributed by atoms with Crippen molar-refractivity contribution in [1.82, 2.24) is 0 Å². The zero-order valence-corrected chi connectivity index (χ0v) is 20.4. The summed E-state index contributed by atoms with van der Waals surface area (Å²) in [4.78, 5) is 2.45. The summed E-state index contributed by atoms with van der Waals surface area (Å²) in [6, 6.07) is 54.4. The molecule has 0 saturated carbocycles. The molecule has 0 atom stereocenters. The van der Waals surface area contributed by atoms with E-state index < -0.39 is 0 Å². The summed E-state index contributed by atoms with van der Waals surface area (Å²) in [5.41, 5.74) is 6.03. The van der Waals surface area contributed by atoms with E-state index in [2.05, 4.69) is 157 Å². The minimum absolute atomic E-state index is 1.14. The SMILES string of the molecule is c1ccc(-c2c3ccccc3c(N(c3ccccc3)c3cccc4ccccc34)c3ccccc23)cc1. The van der Waals surface area contributed by atoms with Gasteiger partial charge in [-0.3, -0.25) is 0 Å². The molecule has 0 heterocycles. The molecule has 174 valence electrons. The Balaban J connectivity index is 1.66. The van der Waals surface area contributed by atoms with Gasteiger partial charge in [-0.1, -0.05) is 133 Å². The molecule has 0 aliphatic heterocycles. The quantitative estimate of drug-likeness (QED) is 0.231. The third-order valence-corrected chi connectivity index (χ3v) is 7.21. The number of fused-ring (bicyclic) bond motifs is 3. The van der Waals surface area contributed by atoms with Gasteiger partial charge in [0.25, 0.3) is 0 Å². The second-order valence-corrected chi connectivity index (χ2v) is 9.35. The van der Waals surface area contributed by atoms with E-state index in [4.69, 9.17) is 0 Å². The van der Waals surface area contributed by atoms with Crippen LogP contribution in [0.3, 0.4) is 0 Å². The Bertz CT molecular complexity index is 1810. The van der Waals surface area contributed by atoms with Crippen LogP contribution in [-0.2, 0) is 0 Å². The maximum atomic E-state index is 2.45. The Kier molecular flexibility index (Phi) is 5.19. The molecule has 37 heavy (non-hydrogen) atoms. The summed E-state index contributed by atoms with van der Waals surface area (Å²) in [6.45, 7) is 0. The van der Waals surface area contributed by atoms with Crippen LogP contribution in [0.5, 0.6) is 0 Å². The summed E-state index contributed by atoms with van der Waals surface area (Å²) < 4.78 is 0.